The molecular formula is C21H19N5O2S. The number of anilines is 1. The maximum absolute atomic E-state index is 12.7. The van der Waals surface area contributed by atoms with Gasteiger partial charge in [0.1, 0.15) is 0 Å². The molecule has 0 N–H and O–H groups in total. The van der Waals surface area contributed by atoms with Gasteiger partial charge >= 0.3 is 0 Å². The molecule has 7 nitrogen and oxygen atoms in total. The van der Waals surface area contributed by atoms with Crippen LogP contribution in [0, 0.1) is 0 Å². The molecule has 0 aliphatic carbocycles. The van der Waals surface area contributed by atoms with E-state index in [2.05, 4.69) is 21.8 Å². The van der Waals surface area contributed by atoms with Gasteiger partial charge in [-0.15, -0.1) is 16.8 Å². The summed E-state index contributed by atoms with van der Waals surface area (Å²) in [5.41, 5.74) is 3.21. The van der Waals surface area contributed by atoms with E-state index in [9.17, 15) is 9.59 Å². The lowest BCUT2D eigenvalue weighted by molar-refractivity contribution is -0.117. The number of benzene rings is 1. The van der Waals surface area contributed by atoms with Crippen LogP contribution in [-0.2, 0) is 17.8 Å². The first-order chi connectivity index (χ1) is 14.1. The van der Waals surface area contributed by atoms with Gasteiger partial charge in [0.25, 0.3) is 0 Å². The Morgan fingerprint density at radius 1 is 1.31 bits per heavy atom. The molecule has 0 saturated carbocycles. The van der Waals surface area contributed by atoms with Gasteiger partial charge in [-0.3, -0.25) is 19.1 Å². The number of Topliss-reactive ketones (excluding diaryl/α,β-unsaturated/α-hetero) is 1. The molecule has 3 heterocycles. The number of rotatable bonds is 7. The Hall–Kier alpha value is -3.26. The van der Waals surface area contributed by atoms with Crippen LogP contribution in [0.1, 0.15) is 15.9 Å². The predicted molar refractivity (Wildman–Crippen MR) is 112 cm³/mol. The topological polar surface area (TPSA) is 81.0 Å². The van der Waals surface area contributed by atoms with Gasteiger partial charge < -0.3 is 4.90 Å². The van der Waals surface area contributed by atoms with Crippen molar-refractivity contribution in [2.45, 2.75) is 18.1 Å². The summed E-state index contributed by atoms with van der Waals surface area (Å²) in [5.74, 6) is 0.938. The maximum atomic E-state index is 12.7. The van der Waals surface area contributed by atoms with Crippen LogP contribution in [0.5, 0.6) is 0 Å². The molecule has 0 bridgehead atoms. The Balaban J connectivity index is 1.52. The Labute approximate surface area is 172 Å². The molecule has 3 aromatic rings. The van der Waals surface area contributed by atoms with Crippen LogP contribution in [-0.4, -0.2) is 44.2 Å². The van der Waals surface area contributed by atoms with Gasteiger partial charge in [0.05, 0.1) is 12.2 Å². The second kappa shape index (κ2) is 8.00. The Bertz CT molecular complexity index is 1090. The number of amides is 1. The highest BCUT2D eigenvalue weighted by Crippen LogP contribution is 2.29. The van der Waals surface area contributed by atoms with Crippen molar-refractivity contribution in [2.24, 2.45) is 0 Å². The molecule has 0 atom stereocenters. The van der Waals surface area contributed by atoms with Crippen LogP contribution in [0.4, 0.5) is 5.69 Å². The minimum atomic E-state index is -0.0177. The van der Waals surface area contributed by atoms with Crippen LogP contribution < -0.4 is 4.90 Å². The zero-order valence-corrected chi connectivity index (χ0v) is 16.7. The maximum Gasteiger partial charge on any atom is 0.231 e. The minimum absolute atomic E-state index is 0.0177. The number of likely N-dealkylation sites (N-methyl/N-ethyl adjacent to an activating group) is 1. The summed E-state index contributed by atoms with van der Waals surface area (Å²) in [5, 5.41) is 9.17. The Morgan fingerprint density at radius 2 is 2.17 bits per heavy atom. The molecular weight excluding hydrogens is 386 g/mol. The predicted octanol–water partition coefficient (Wildman–Crippen LogP) is 3.02. The van der Waals surface area contributed by atoms with E-state index in [1.54, 1.807) is 36.5 Å². The largest absolute Gasteiger partial charge is 0.315 e. The SMILES string of the molecule is C=CCn1c(SCC(=O)c2ccc3c(c2)CC(=O)N3C)nnc1-c1cccnc1. The van der Waals surface area contributed by atoms with E-state index in [1.165, 1.54) is 11.8 Å². The Kier molecular flexibility index (Phi) is 5.26. The van der Waals surface area contributed by atoms with Gasteiger partial charge in [-0.25, -0.2) is 0 Å². The summed E-state index contributed by atoms with van der Waals surface area (Å²) in [6, 6.07) is 9.17. The number of allylic oxidation sites excluding steroid dienone is 1. The summed E-state index contributed by atoms with van der Waals surface area (Å²) < 4.78 is 1.91. The van der Waals surface area contributed by atoms with Crippen LogP contribution in [0.25, 0.3) is 11.4 Å². The third-order valence-corrected chi connectivity index (χ3v) is 5.73. The summed E-state index contributed by atoms with van der Waals surface area (Å²) >= 11 is 1.33. The van der Waals surface area contributed by atoms with Crippen molar-refractivity contribution >= 4 is 29.1 Å². The average molecular weight is 405 g/mol. The Morgan fingerprint density at radius 3 is 2.93 bits per heavy atom. The number of thioether (sulfide) groups is 1. The molecule has 8 heteroatoms. The molecule has 0 spiro atoms. The number of nitrogens with zero attached hydrogens (tertiary/aromatic N) is 5. The molecule has 1 aliphatic rings. The summed E-state index contributed by atoms with van der Waals surface area (Å²) in [7, 11) is 1.75. The molecule has 1 aromatic carbocycles. The number of pyridine rings is 1. The van der Waals surface area contributed by atoms with Crippen LogP contribution in [0.2, 0.25) is 0 Å². The molecule has 1 aliphatic heterocycles. The van der Waals surface area contributed by atoms with Crippen molar-refractivity contribution in [2.75, 3.05) is 17.7 Å². The third-order valence-electron chi connectivity index (χ3n) is 4.76. The minimum Gasteiger partial charge on any atom is -0.315 e. The van der Waals surface area contributed by atoms with Gasteiger partial charge in [0, 0.05) is 42.8 Å². The second-order valence-electron chi connectivity index (χ2n) is 6.63. The monoisotopic (exact) mass is 405 g/mol. The lowest BCUT2D eigenvalue weighted by Crippen LogP contribution is -2.20. The molecule has 0 saturated heterocycles. The zero-order chi connectivity index (χ0) is 20.4. The first kappa shape index (κ1) is 19.1. The third kappa shape index (κ3) is 3.71. The standard InChI is InChI=1S/C21H19N5O2S/c1-3-9-26-20(15-5-4-8-22-12-15)23-24-21(26)29-13-18(27)14-6-7-17-16(10-14)11-19(28)25(17)2/h3-8,10,12H,1,9,11,13H2,2H3. The van der Waals surface area contributed by atoms with Crippen molar-refractivity contribution in [3.63, 3.8) is 0 Å². The number of carbonyl (C=O) groups is 2. The molecule has 0 unspecified atom stereocenters. The highest BCUT2D eigenvalue weighted by atomic mass is 32.2. The van der Waals surface area contributed by atoms with Crippen LogP contribution >= 0.6 is 11.8 Å². The first-order valence-corrected chi connectivity index (χ1v) is 10.1. The quantitative estimate of drug-likeness (QED) is 0.341. The highest BCUT2D eigenvalue weighted by molar-refractivity contribution is 7.99. The molecule has 29 heavy (non-hydrogen) atoms. The van der Waals surface area contributed by atoms with Gasteiger partial charge in [-0.1, -0.05) is 17.8 Å². The van der Waals surface area contributed by atoms with Crippen molar-refractivity contribution in [1.29, 1.82) is 0 Å². The lowest BCUT2D eigenvalue weighted by Gasteiger charge is -2.10. The van der Waals surface area contributed by atoms with Crippen molar-refractivity contribution in [1.82, 2.24) is 19.7 Å². The van der Waals surface area contributed by atoms with Crippen LogP contribution in [0.15, 0.2) is 60.5 Å². The summed E-state index contributed by atoms with van der Waals surface area (Å²) in [6.07, 6.45) is 5.53. The van der Waals surface area contributed by atoms with Crippen molar-refractivity contribution < 1.29 is 9.59 Å². The number of fused-ring (bicyclic) bond motifs is 1. The van der Waals surface area contributed by atoms with Crippen molar-refractivity contribution in [3.05, 3.63) is 66.5 Å². The van der Waals surface area contributed by atoms with E-state index >= 15 is 0 Å². The molecule has 1 amide bonds. The number of hydrogen-bond acceptors (Lipinski definition) is 6. The summed E-state index contributed by atoms with van der Waals surface area (Å²) in [6.45, 7) is 4.33. The number of ketones is 1. The zero-order valence-electron chi connectivity index (χ0n) is 15.9. The molecule has 0 fully saturated rings. The average Bonchev–Trinajstić information content (AvgIpc) is 3.27. The van der Waals surface area contributed by atoms with Crippen molar-refractivity contribution in [3.8, 4) is 11.4 Å². The number of aromatic nitrogens is 4. The van der Waals surface area contributed by atoms with Crippen LogP contribution in [0.3, 0.4) is 0 Å². The smallest absolute Gasteiger partial charge is 0.231 e. The normalized spacial score (nSPS) is 12.9. The van der Waals surface area contributed by atoms with Gasteiger partial charge in [0.15, 0.2) is 16.8 Å². The van der Waals surface area contributed by atoms with E-state index in [4.69, 9.17) is 0 Å². The fourth-order valence-corrected chi connectivity index (χ4v) is 4.10. The van der Waals surface area contributed by atoms with Gasteiger partial charge in [-0.2, -0.15) is 0 Å². The highest BCUT2D eigenvalue weighted by Gasteiger charge is 2.25. The van der Waals surface area contributed by atoms with E-state index in [-0.39, 0.29) is 17.4 Å². The van der Waals surface area contributed by atoms with E-state index in [0.29, 0.717) is 29.5 Å². The second-order valence-corrected chi connectivity index (χ2v) is 7.57. The van der Waals surface area contributed by atoms with Gasteiger partial charge in [0.2, 0.25) is 5.91 Å². The molecule has 4 rings (SSSR count). The van der Waals surface area contributed by atoms with E-state index < -0.39 is 0 Å². The van der Waals surface area contributed by atoms with E-state index in [1.807, 2.05) is 28.8 Å². The molecule has 146 valence electrons. The van der Waals surface area contributed by atoms with E-state index in [0.717, 1.165) is 16.8 Å². The fourth-order valence-electron chi connectivity index (χ4n) is 3.25. The number of hydrogen-bond donors (Lipinski definition) is 0. The molecule has 2 aromatic heterocycles. The molecule has 0 radical (unpaired) electrons. The fraction of sp³-hybridized carbons (Fsp3) is 0.190. The number of carbonyl (C=O) groups excluding carboxylic acids is 2. The first-order valence-electron chi connectivity index (χ1n) is 9.08. The van der Waals surface area contributed by atoms with Gasteiger partial charge in [-0.05, 0) is 35.9 Å². The summed E-state index contributed by atoms with van der Waals surface area (Å²) in [4.78, 5) is 30.3. The lowest BCUT2D eigenvalue weighted by atomic mass is 10.1.